The van der Waals surface area contributed by atoms with Crippen molar-refractivity contribution in [3.05, 3.63) is 22.9 Å². The van der Waals surface area contributed by atoms with Crippen LogP contribution < -0.4 is 4.90 Å². The van der Waals surface area contributed by atoms with E-state index in [9.17, 15) is 5.26 Å². The molecule has 1 aliphatic rings. The van der Waals surface area contributed by atoms with E-state index in [2.05, 4.69) is 22.9 Å². The maximum Gasteiger partial charge on any atom is 0.147 e. The van der Waals surface area contributed by atoms with Gasteiger partial charge in [-0.3, -0.25) is 0 Å². The minimum atomic E-state index is 0.746. The Balaban J connectivity index is 2.35. The van der Waals surface area contributed by atoms with Gasteiger partial charge in [0.25, 0.3) is 0 Å². The molecular weight excluding hydrogens is 222 g/mol. The summed E-state index contributed by atoms with van der Waals surface area (Å²) in [5.74, 6) is 1.68. The fraction of sp³-hybridized carbons (Fsp3) is 0.600. The molecule has 0 spiro atoms. The molecule has 1 aliphatic heterocycles. The van der Waals surface area contributed by atoms with Crippen molar-refractivity contribution < 1.29 is 0 Å². The van der Waals surface area contributed by atoms with Crippen LogP contribution in [-0.4, -0.2) is 18.1 Å². The van der Waals surface area contributed by atoms with Crippen LogP contribution >= 0.6 is 0 Å². The third-order valence-electron chi connectivity index (χ3n) is 3.75. The Morgan fingerprint density at radius 1 is 1.33 bits per heavy atom. The van der Waals surface area contributed by atoms with Gasteiger partial charge in [-0.05, 0) is 50.7 Å². The van der Waals surface area contributed by atoms with Gasteiger partial charge in [-0.1, -0.05) is 6.92 Å². The zero-order chi connectivity index (χ0) is 13.1. The second-order valence-corrected chi connectivity index (χ2v) is 5.41. The molecule has 3 heteroatoms. The highest BCUT2D eigenvalue weighted by Gasteiger charge is 2.19. The number of nitrogens with zero attached hydrogens (tertiary/aromatic N) is 3. The number of anilines is 1. The quantitative estimate of drug-likeness (QED) is 0.760. The lowest BCUT2D eigenvalue weighted by atomic mass is 10.0. The summed E-state index contributed by atoms with van der Waals surface area (Å²) in [6.45, 7) is 8.35. The SMILES string of the molecule is Cc1cc(C)c(C#N)c(N2CCCC(C)CC2)n1. The van der Waals surface area contributed by atoms with E-state index < -0.39 is 0 Å². The predicted molar refractivity (Wildman–Crippen MR) is 73.7 cm³/mol. The van der Waals surface area contributed by atoms with Crippen molar-refractivity contribution in [1.29, 1.82) is 5.26 Å². The fourth-order valence-electron chi connectivity index (χ4n) is 2.66. The molecule has 3 nitrogen and oxygen atoms in total. The molecule has 2 heterocycles. The fourth-order valence-corrected chi connectivity index (χ4v) is 2.66. The molecule has 0 amide bonds. The summed E-state index contributed by atoms with van der Waals surface area (Å²) in [7, 11) is 0. The first-order chi connectivity index (χ1) is 8.61. The van der Waals surface area contributed by atoms with Gasteiger partial charge in [0.2, 0.25) is 0 Å². The van der Waals surface area contributed by atoms with Gasteiger partial charge in [-0.2, -0.15) is 5.26 Å². The van der Waals surface area contributed by atoms with Gasteiger partial charge in [0.05, 0.1) is 5.56 Å². The number of aromatic nitrogens is 1. The van der Waals surface area contributed by atoms with Crippen molar-refractivity contribution in [1.82, 2.24) is 4.98 Å². The highest BCUT2D eigenvalue weighted by molar-refractivity contribution is 5.58. The lowest BCUT2D eigenvalue weighted by molar-refractivity contribution is 0.521. The molecule has 1 fully saturated rings. The van der Waals surface area contributed by atoms with Crippen LogP contribution in [0.1, 0.15) is 43.0 Å². The largest absolute Gasteiger partial charge is 0.355 e. The second-order valence-electron chi connectivity index (χ2n) is 5.41. The lowest BCUT2D eigenvalue weighted by Gasteiger charge is -2.23. The minimum Gasteiger partial charge on any atom is -0.355 e. The summed E-state index contributed by atoms with van der Waals surface area (Å²) in [6.07, 6.45) is 3.67. The van der Waals surface area contributed by atoms with Crippen molar-refractivity contribution in [2.45, 2.75) is 40.0 Å². The van der Waals surface area contributed by atoms with Gasteiger partial charge in [-0.25, -0.2) is 4.98 Å². The first-order valence-electron chi connectivity index (χ1n) is 6.75. The maximum absolute atomic E-state index is 9.33. The van der Waals surface area contributed by atoms with Gasteiger partial charge >= 0.3 is 0 Å². The van der Waals surface area contributed by atoms with Crippen LogP contribution in [-0.2, 0) is 0 Å². The minimum absolute atomic E-state index is 0.746. The normalized spacial score (nSPS) is 20.3. The van der Waals surface area contributed by atoms with Gasteiger partial charge in [0.1, 0.15) is 11.9 Å². The number of hydrogen-bond donors (Lipinski definition) is 0. The van der Waals surface area contributed by atoms with Crippen molar-refractivity contribution in [3.63, 3.8) is 0 Å². The average Bonchev–Trinajstić information content (AvgIpc) is 2.53. The van der Waals surface area contributed by atoms with Gasteiger partial charge in [0.15, 0.2) is 0 Å². The number of nitriles is 1. The van der Waals surface area contributed by atoms with E-state index in [-0.39, 0.29) is 0 Å². The predicted octanol–water partition coefficient (Wildman–Crippen LogP) is 3.20. The van der Waals surface area contributed by atoms with E-state index in [0.717, 1.165) is 41.6 Å². The van der Waals surface area contributed by atoms with Crippen LogP contribution in [0.4, 0.5) is 5.82 Å². The summed E-state index contributed by atoms with van der Waals surface area (Å²) >= 11 is 0. The number of aryl methyl sites for hydroxylation is 2. The molecule has 0 N–H and O–H groups in total. The third kappa shape index (κ3) is 2.64. The topological polar surface area (TPSA) is 39.9 Å². The van der Waals surface area contributed by atoms with Crippen LogP contribution in [0.25, 0.3) is 0 Å². The van der Waals surface area contributed by atoms with E-state index in [1.54, 1.807) is 0 Å². The third-order valence-corrected chi connectivity index (χ3v) is 3.75. The van der Waals surface area contributed by atoms with Crippen molar-refractivity contribution in [3.8, 4) is 6.07 Å². The highest BCUT2D eigenvalue weighted by atomic mass is 15.2. The highest BCUT2D eigenvalue weighted by Crippen LogP contribution is 2.25. The molecule has 1 unspecified atom stereocenters. The Hall–Kier alpha value is -1.56. The molecule has 0 radical (unpaired) electrons. The van der Waals surface area contributed by atoms with Crippen LogP contribution in [0.2, 0.25) is 0 Å². The molecule has 0 aliphatic carbocycles. The Morgan fingerprint density at radius 2 is 2.11 bits per heavy atom. The summed E-state index contributed by atoms with van der Waals surface area (Å²) in [6, 6.07) is 4.30. The zero-order valence-electron chi connectivity index (χ0n) is 11.5. The van der Waals surface area contributed by atoms with E-state index in [1.165, 1.54) is 19.3 Å². The van der Waals surface area contributed by atoms with Crippen molar-refractivity contribution in [2.75, 3.05) is 18.0 Å². The van der Waals surface area contributed by atoms with E-state index in [1.807, 2.05) is 19.9 Å². The maximum atomic E-state index is 9.33. The monoisotopic (exact) mass is 243 g/mol. The number of hydrogen-bond acceptors (Lipinski definition) is 3. The van der Waals surface area contributed by atoms with Gasteiger partial charge in [-0.15, -0.1) is 0 Å². The summed E-state index contributed by atoms with van der Waals surface area (Å²) in [5.41, 5.74) is 2.78. The molecule has 1 aromatic rings. The van der Waals surface area contributed by atoms with Crippen LogP contribution in [0.5, 0.6) is 0 Å². The number of rotatable bonds is 1. The van der Waals surface area contributed by atoms with Crippen molar-refractivity contribution >= 4 is 5.82 Å². The molecule has 0 saturated carbocycles. The second kappa shape index (κ2) is 5.39. The van der Waals surface area contributed by atoms with Crippen LogP contribution in [0, 0.1) is 31.1 Å². The molecule has 0 aromatic carbocycles. The standard InChI is InChI=1S/C15H21N3/c1-11-5-4-7-18(8-6-11)15-14(10-16)12(2)9-13(3)17-15/h9,11H,4-8H2,1-3H3. The first-order valence-corrected chi connectivity index (χ1v) is 6.75. The average molecular weight is 243 g/mol. The van der Waals surface area contributed by atoms with Crippen LogP contribution in [0.15, 0.2) is 6.07 Å². The molecule has 0 bridgehead atoms. The van der Waals surface area contributed by atoms with Gasteiger partial charge in [0, 0.05) is 18.8 Å². The van der Waals surface area contributed by atoms with E-state index >= 15 is 0 Å². The number of pyridine rings is 1. The Kier molecular flexibility index (Phi) is 3.86. The molecule has 1 atom stereocenters. The van der Waals surface area contributed by atoms with Gasteiger partial charge < -0.3 is 4.90 Å². The molecular formula is C15H21N3. The zero-order valence-corrected chi connectivity index (χ0v) is 11.5. The molecule has 18 heavy (non-hydrogen) atoms. The van der Waals surface area contributed by atoms with Crippen LogP contribution in [0.3, 0.4) is 0 Å². The molecule has 1 saturated heterocycles. The lowest BCUT2D eigenvalue weighted by Crippen LogP contribution is -2.26. The van der Waals surface area contributed by atoms with Crippen molar-refractivity contribution in [2.24, 2.45) is 5.92 Å². The Bertz CT molecular complexity index is 473. The summed E-state index contributed by atoms with van der Waals surface area (Å²) in [5, 5.41) is 9.33. The molecule has 1 aromatic heterocycles. The molecule has 96 valence electrons. The smallest absolute Gasteiger partial charge is 0.147 e. The first kappa shape index (κ1) is 12.9. The van der Waals surface area contributed by atoms with E-state index in [4.69, 9.17) is 0 Å². The Labute approximate surface area is 109 Å². The molecule has 2 rings (SSSR count). The summed E-state index contributed by atoms with van der Waals surface area (Å²) in [4.78, 5) is 6.89. The summed E-state index contributed by atoms with van der Waals surface area (Å²) < 4.78 is 0. The van der Waals surface area contributed by atoms with E-state index in [0.29, 0.717) is 0 Å². The Morgan fingerprint density at radius 3 is 2.83 bits per heavy atom.